The first-order chi connectivity index (χ1) is 72.0. The van der Waals surface area contributed by atoms with Gasteiger partial charge in [-0.1, -0.05) is 270 Å². The fraction of sp³-hybridized carbons (Fsp3) is 0.972. The lowest BCUT2D eigenvalue weighted by Crippen LogP contribution is -2.60. The first-order valence-corrected chi connectivity index (χ1v) is 57.5. The SMILES string of the molecule is C[C@@H](O)CCCCC[C@@H](CCCCCCCCCCCCC[C@H](CC(=O)OC[C@H]1O[C@@H](O[C@H]2CCCCCCCCCCCCC[C@H](CCCCC[C@@H](C)O)O[C@@H]3O[C@H](COC(=O)C[C@@H](O[C@@H]4O[C@H](CO)[C@@H](O)[C@H](O)[C@H]4O)CCCCCCCCCCCCC[C@H](CCCCC[C@@H](C)O)O[C@@H]4O[C@H](COC(=O)C2)[C@@H](O)[C@H](O)[C@H]4O)[C@@H](O)[C@H](O)[C@H]3O)[C@H](O)[C@@H](O)[C@@H]1O)O[C@@H]1O[C@H](CO)[C@@H](O)[C@H](O)[C@H]1O)O[C@@H]1O[C@H](CO)[C@@H](O)[C@H](O)[C@H]1O. The maximum Gasteiger partial charge on any atom is 0.308 e. The number of carbonyl (C=O) groups is 3. The van der Waals surface area contributed by atoms with Crippen LogP contribution >= 0.6 is 0 Å². The molecule has 0 spiro atoms. The molecule has 7 heterocycles. The van der Waals surface area contributed by atoms with Gasteiger partial charge in [0.05, 0.1) is 94.0 Å². The van der Waals surface area contributed by atoms with E-state index in [0.717, 1.165) is 231 Å². The summed E-state index contributed by atoms with van der Waals surface area (Å²) < 4.78 is 90.3. The zero-order valence-corrected chi connectivity index (χ0v) is 89.6. The van der Waals surface area contributed by atoms with Crippen LogP contribution in [0, 0.1) is 0 Å². The van der Waals surface area contributed by atoms with Gasteiger partial charge in [0.2, 0.25) is 0 Å². The second kappa shape index (κ2) is 76.0. The molecule has 7 aliphatic rings. The molecule has 7 saturated heterocycles. The lowest BCUT2D eigenvalue weighted by Gasteiger charge is -2.41. The predicted molar refractivity (Wildman–Crippen MR) is 542 cm³/mol. The quantitative estimate of drug-likeness (QED) is 0.0213. The van der Waals surface area contributed by atoms with Gasteiger partial charge in [-0.25, -0.2) is 0 Å². The average molecular weight is 2170 g/mol. The molecule has 39 atom stereocenters. The first kappa shape index (κ1) is 134. The van der Waals surface area contributed by atoms with E-state index in [4.69, 9.17) is 71.1 Å². The topological polar surface area (TPSA) is 675 Å². The summed E-state index contributed by atoms with van der Waals surface area (Å²) in [6, 6.07) is 0. The van der Waals surface area contributed by atoms with Crippen molar-refractivity contribution in [1.29, 1.82) is 0 Å². The standard InChI is InChI=1S/C108H198O42/c1-67(112)46-34-31-43-52-70(139-103-97(130)91(124)85(118)76(61-109)145-103)49-37-25-19-13-7-4-10-16-23-29-41-56-74(143-107-99(132)93(126)87(120)78(63-111)147-107)59-83(116)138-66-81-90(123)96(129)102(135)108(150-81)144-75-57-42-30-24-18-12-6-9-15-21-27-38-50-71(53-44-32-35-47-68(2)113)140-104-100(133)94(127)88(121)79(148-104)64-136-82(115)58-73(142-106-98(131)92(125)86(119)77(62-110)146-106)55-40-28-22-17-11-5-8-14-20-26-39-51-72(54-45-33-36-48-69(3)114)141-105-101(134)95(128)89(122)80(149-105)65-137-84(117)60-75/h67-81,85-114,118-135H,4-66H2,1-3H3/t67-,68-,69-,70-,71-,72-,73+,74-,75+,76-,77-,78-,79-,80-,81-,85-,86-,87-,88-,89-,90-,91+,92+,93+,94+,95+,96+,97-,98-,99-,100-,101-,102-,103-,104-,105-,106-,107-,108-/m1/s1. The van der Waals surface area contributed by atoms with Gasteiger partial charge in [0, 0.05) is 0 Å². The number of esters is 3. The molecule has 0 aliphatic carbocycles. The van der Waals surface area contributed by atoms with Crippen LogP contribution in [0.2, 0.25) is 0 Å². The van der Waals surface area contributed by atoms with E-state index >= 15 is 0 Å². The number of hydrogen-bond donors (Lipinski definition) is 24. The second-order valence-corrected chi connectivity index (χ2v) is 43.7. The molecule has 7 aliphatic heterocycles. The molecule has 0 aromatic carbocycles. The van der Waals surface area contributed by atoms with Crippen LogP contribution in [-0.4, -0.2) is 419 Å². The van der Waals surface area contributed by atoms with Gasteiger partial charge in [-0.3, -0.25) is 14.4 Å². The van der Waals surface area contributed by atoms with E-state index < -0.39 is 303 Å². The van der Waals surface area contributed by atoms with Gasteiger partial charge >= 0.3 is 17.9 Å². The highest BCUT2D eigenvalue weighted by Gasteiger charge is 2.53. The fourth-order valence-corrected chi connectivity index (χ4v) is 20.9. The van der Waals surface area contributed by atoms with Crippen LogP contribution < -0.4 is 0 Å². The Morgan fingerprint density at radius 2 is 0.553 bits per heavy atom. The summed E-state index contributed by atoms with van der Waals surface area (Å²) in [5.41, 5.74) is 0. The number of ether oxygens (including phenoxy) is 15. The van der Waals surface area contributed by atoms with Crippen LogP contribution in [0.25, 0.3) is 0 Å². The number of fused-ring (bicyclic) bond motifs is 4. The highest BCUT2D eigenvalue weighted by atomic mass is 16.8. The first-order valence-electron chi connectivity index (χ1n) is 57.5. The third-order valence-corrected chi connectivity index (χ3v) is 30.5. The Labute approximate surface area is 887 Å². The monoisotopic (exact) mass is 2170 g/mol. The predicted octanol–water partition coefficient (Wildman–Crippen LogP) is 5.14. The van der Waals surface area contributed by atoms with E-state index in [2.05, 4.69) is 0 Å². The van der Waals surface area contributed by atoms with Crippen molar-refractivity contribution in [3.8, 4) is 0 Å². The van der Waals surface area contributed by atoms with Gasteiger partial charge in [0.25, 0.3) is 0 Å². The van der Waals surface area contributed by atoms with Crippen LogP contribution in [0.3, 0.4) is 0 Å². The summed E-state index contributed by atoms with van der Waals surface area (Å²) in [5.74, 6) is -2.56. The van der Waals surface area contributed by atoms with Crippen molar-refractivity contribution >= 4 is 17.9 Å². The zero-order valence-electron chi connectivity index (χ0n) is 89.6. The van der Waals surface area contributed by atoms with E-state index in [1.807, 2.05) is 0 Å². The van der Waals surface area contributed by atoms with Crippen molar-refractivity contribution in [3.05, 3.63) is 0 Å². The van der Waals surface area contributed by atoms with Gasteiger partial charge in [-0.2, -0.15) is 0 Å². The van der Waals surface area contributed by atoms with E-state index in [0.29, 0.717) is 96.3 Å². The molecule has 0 radical (unpaired) electrons. The van der Waals surface area contributed by atoms with Crippen LogP contribution in [0.5, 0.6) is 0 Å². The molecule has 42 nitrogen and oxygen atoms in total. The van der Waals surface area contributed by atoms with Crippen molar-refractivity contribution < 1.29 is 208 Å². The van der Waals surface area contributed by atoms with Crippen LogP contribution in [0.15, 0.2) is 0 Å². The molecule has 0 amide bonds. The molecule has 4 bridgehead atoms. The van der Waals surface area contributed by atoms with Gasteiger partial charge in [0.1, 0.15) is 166 Å². The lowest BCUT2D eigenvalue weighted by atomic mass is 9.98. The molecule has 0 aromatic heterocycles. The Morgan fingerprint density at radius 3 is 0.893 bits per heavy atom. The van der Waals surface area contributed by atoms with Gasteiger partial charge in [-0.05, 0) is 97.8 Å². The van der Waals surface area contributed by atoms with Gasteiger partial charge in [-0.15, -0.1) is 0 Å². The molecule has 150 heavy (non-hydrogen) atoms. The largest absolute Gasteiger partial charge is 0.463 e. The molecule has 0 unspecified atom stereocenters. The van der Waals surface area contributed by atoms with E-state index in [1.54, 1.807) is 20.8 Å². The third kappa shape index (κ3) is 49.7. The molecule has 7 fully saturated rings. The molecule has 42 heteroatoms. The smallest absolute Gasteiger partial charge is 0.308 e. The maximum absolute atomic E-state index is 14.2. The number of aliphatic hydroxyl groups excluding tert-OH is 24. The van der Waals surface area contributed by atoms with Gasteiger partial charge < -0.3 is 194 Å². The van der Waals surface area contributed by atoms with Crippen molar-refractivity contribution in [2.24, 2.45) is 0 Å². The van der Waals surface area contributed by atoms with Crippen molar-refractivity contribution in [2.75, 3.05) is 39.6 Å². The number of rotatable bonds is 47. The molecule has 24 N–H and O–H groups in total. The van der Waals surface area contributed by atoms with E-state index in [9.17, 15) is 137 Å². The average Bonchev–Trinajstić information content (AvgIpc) is 0.815. The second-order valence-electron chi connectivity index (χ2n) is 43.7. The van der Waals surface area contributed by atoms with Crippen molar-refractivity contribution in [3.63, 3.8) is 0 Å². The number of aliphatic hydroxyl groups is 24. The normalized spacial score (nSPS) is 36.8. The highest BCUT2D eigenvalue weighted by Crippen LogP contribution is 2.37. The molecule has 7 rings (SSSR count). The summed E-state index contributed by atoms with van der Waals surface area (Å²) in [7, 11) is 0. The summed E-state index contributed by atoms with van der Waals surface area (Å²) >= 11 is 0. The van der Waals surface area contributed by atoms with Crippen LogP contribution in [0.1, 0.15) is 387 Å². The van der Waals surface area contributed by atoms with Crippen LogP contribution in [-0.2, 0) is 85.4 Å². The summed E-state index contributed by atoms with van der Waals surface area (Å²) in [5, 5.41) is 257. The highest BCUT2D eigenvalue weighted by molar-refractivity contribution is 5.71. The Kier molecular flexibility index (Phi) is 67.8. The molecule has 0 aromatic rings. The Hall–Kier alpha value is -3.03. The third-order valence-electron chi connectivity index (χ3n) is 30.5. The Balaban J connectivity index is 0.967. The maximum atomic E-state index is 14.2. The number of cyclic esters (lactones) is 2. The zero-order chi connectivity index (χ0) is 109. The fourth-order valence-electron chi connectivity index (χ4n) is 20.9. The van der Waals surface area contributed by atoms with Gasteiger partial charge in [0.15, 0.2) is 37.7 Å². The number of unbranched alkanes of at least 4 members (excludes halogenated alkanes) is 16. The molecule has 0 saturated carbocycles. The minimum absolute atomic E-state index is 0.171. The van der Waals surface area contributed by atoms with Crippen molar-refractivity contribution in [1.82, 2.24) is 0 Å². The Bertz CT molecular complexity index is 3400. The Morgan fingerprint density at radius 1 is 0.287 bits per heavy atom. The number of carbonyl (C=O) groups excluding carboxylic acids is 3. The molecular formula is C108H198O42. The summed E-state index contributed by atoms with van der Waals surface area (Å²) in [6.07, 6.45) is -13.5. The van der Waals surface area contributed by atoms with E-state index in [1.165, 1.54) is 0 Å². The number of hydrogen-bond acceptors (Lipinski definition) is 42. The molecular weight excluding hydrogens is 1970 g/mol. The minimum atomic E-state index is -1.94. The van der Waals surface area contributed by atoms with Crippen molar-refractivity contribution in [2.45, 2.75) is 626 Å². The lowest BCUT2D eigenvalue weighted by molar-refractivity contribution is -0.315. The van der Waals surface area contributed by atoms with Crippen LogP contribution in [0.4, 0.5) is 0 Å². The minimum Gasteiger partial charge on any atom is -0.463 e. The molecule has 882 valence electrons. The summed E-state index contributed by atoms with van der Waals surface area (Å²) in [6.45, 7) is 1.33. The summed E-state index contributed by atoms with van der Waals surface area (Å²) in [4.78, 5) is 42.0. The van der Waals surface area contributed by atoms with E-state index in [-0.39, 0.29) is 31.8 Å².